The van der Waals surface area contributed by atoms with Crippen LogP contribution in [0.2, 0.25) is 0 Å². The predicted molar refractivity (Wildman–Crippen MR) is 128 cm³/mol. The second-order valence-electron chi connectivity index (χ2n) is 8.45. The van der Waals surface area contributed by atoms with E-state index in [1.54, 1.807) is 4.90 Å². The van der Waals surface area contributed by atoms with E-state index in [0.29, 0.717) is 12.6 Å². The fourth-order valence-corrected chi connectivity index (χ4v) is 4.17. The molecule has 1 atom stereocenters. The van der Waals surface area contributed by atoms with Gasteiger partial charge in [0, 0.05) is 59.4 Å². The van der Waals surface area contributed by atoms with Crippen molar-refractivity contribution in [1.29, 1.82) is 0 Å². The Kier molecular flexibility index (Phi) is 11.1. The average molecular weight is 508 g/mol. The van der Waals surface area contributed by atoms with E-state index in [4.69, 9.17) is 4.99 Å². The van der Waals surface area contributed by atoms with E-state index in [-0.39, 0.29) is 35.3 Å². The maximum atomic E-state index is 12.7. The molecular weight excluding hydrogens is 467 g/mol. The lowest BCUT2D eigenvalue weighted by Crippen LogP contribution is -2.52. The van der Waals surface area contributed by atoms with E-state index >= 15 is 0 Å². The minimum Gasteiger partial charge on any atom is -0.357 e. The number of carbonyl (C=O) groups is 1. The third kappa shape index (κ3) is 7.02. The fraction of sp³-hybridized carbons (Fsp3) is 0.900. The molecule has 1 saturated carbocycles. The molecule has 7 nitrogen and oxygen atoms in total. The molecule has 0 spiro atoms. The zero-order valence-electron chi connectivity index (χ0n) is 18.5. The molecule has 2 N–H and O–H groups in total. The minimum absolute atomic E-state index is 0. The molecule has 0 bridgehead atoms. The normalized spacial score (nSPS) is 21.7. The van der Waals surface area contributed by atoms with Gasteiger partial charge in [0.25, 0.3) is 0 Å². The highest BCUT2D eigenvalue weighted by Crippen LogP contribution is 2.39. The number of rotatable bonds is 7. The first-order valence-corrected chi connectivity index (χ1v) is 10.5. The van der Waals surface area contributed by atoms with Crippen LogP contribution in [0.25, 0.3) is 0 Å². The molecule has 2 fully saturated rings. The maximum Gasteiger partial charge on any atom is 0.230 e. The molecule has 0 aromatic heterocycles. The SMILES string of the molecule is CCNC(=NCC1(C(=O)N(C)C)CCCC1)NCC(C)N1CCN(C)CC1.I. The van der Waals surface area contributed by atoms with Gasteiger partial charge in [-0.1, -0.05) is 12.8 Å². The van der Waals surface area contributed by atoms with Crippen LogP contribution >= 0.6 is 24.0 Å². The van der Waals surface area contributed by atoms with Crippen LogP contribution in [0, 0.1) is 5.41 Å². The van der Waals surface area contributed by atoms with Crippen molar-refractivity contribution in [2.24, 2.45) is 10.4 Å². The quantitative estimate of drug-likeness (QED) is 0.310. The van der Waals surface area contributed by atoms with Gasteiger partial charge >= 0.3 is 0 Å². The number of hydrogen-bond donors (Lipinski definition) is 2. The number of hydrogen-bond acceptors (Lipinski definition) is 4. The predicted octanol–water partition coefficient (Wildman–Crippen LogP) is 1.44. The third-order valence-corrected chi connectivity index (χ3v) is 6.03. The van der Waals surface area contributed by atoms with Crippen LogP contribution in [-0.2, 0) is 4.79 Å². The van der Waals surface area contributed by atoms with E-state index in [1.807, 2.05) is 14.1 Å². The molecule has 1 saturated heterocycles. The standard InChI is InChI=1S/C20H40N6O.HI/c1-6-21-19(22-15-17(2)26-13-11-25(5)12-14-26)23-16-20(9-7-8-10-20)18(27)24(3)4;/h17H,6-16H2,1-5H3,(H2,21,22,23);1H. The van der Waals surface area contributed by atoms with Crippen molar-refractivity contribution in [3.8, 4) is 0 Å². The highest BCUT2D eigenvalue weighted by Gasteiger charge is 2.42. The largest absolute Gasteiger partial charge is 0.357 e. The lowest BCUT2D eigenvalue weighted by atomic mass is 9.85. The Labute approximate surface area is 188 Å². The molecule has 0 radical (unpaired) electrons. The summed E-state index contributed by atoms with van der Waals surface area (Å²) >= 11 is 0. The summed E-state index contributed by atoms with van der Waals surface area (Å²) in [5.74, 6) is 1.06. The summed E-state index contributed by atoms with van der Waals surface area (Å²) in [5.41, 5.74) is -0.311. The summed E-state index contributed by atoms with van der Waals surface area (Å²) in [5, 5.41) is 6.84. The molecule has 1 amide bonds. The number of carbonyl (C=O) groups excluding carboxylic acids is 1. The lowest BCUT2D eigenvalue weighted by Gasteiger charge is -2.36. The van der Waals surface area contributed by atoms with Gasteiger partial charge in [-0.15, -0.1) is 24.0 Å². The van der Waals surface area contributed by atoms with Crippen molar-refractivity contribution >= 4 is 35.8 Å². The summed E-state index contributed by atoms with van der Waals surface area (Å²) in [7, 11) is 5.89. The van der Waals surface area contributed by atoms with Crippen LogP contribution in [0.5, 0.6) is 0 Å². The monoisotopic (exact) mass is 508 g/mol. The molecule has 2 aliphatic rings. The van der Waals surface area contributed by atoms with Crippen molar-refractivity contribution in [2.75, 3.05) is 67.0 Å². The van der Waals surface area contributed by atoms with Crippen LogP contribution < -0.4 is 10.6 Å². The van der Waals surface area contributed by atoms with E-state index in [2.05, 4.69) is 41.3 Å². The summed E-state index contributed by atoms with van der Waals surface area (Å²) in [6.07, 6.45) is 4.15. The highest BCUT2D eigenvalue weighted by atomic mass is 127. The average Bonchev–Trinajstić information content (AvgIpc) is 3.13. The second-order valence-corrected chi connectivity index (χ2v) is 8.45. The number of guanidine groups is 1. The van der Waals surface area contributed by atoms with E-state index in [1.165, 1.54) is 0 Å². The number of halogens is 1. The molecule has 1 aliphatic carbocycles. The van der Waals surface area contributed by atoms with Crippen LogP contribution in [0.1, 0.15) is 39.5 Å². The molecule has 2 rings (SSSR count). The molecule has 0 aromatic carbocycles. The van der Waals surface area contributed by atoms with Gasteiger partial charge in [0.2, 0.25) is 5.91 Å². The third-order valence-electron chi connectivity index (χ3n) is 6.03. The highest BCUT2D eigenvalue weighted by molar-refractivity contribution is 14.0. The van der Waals surface area contributed by atoms with Crippen LogP contribution in [0.4, 0.5) is 0 Å². The smallest absolute Gasteiger partial charge is 0.230 e. The Morgan fingerprint density at radius 1 is 1.14 bits per heavy atom. The van der Waals surface area contributed by atoms with Gasteiger partial charge < -0.3 is 20.4 Å². The first-order chi connectivity index (χ1) is 12.9. The topological polar surface area (TPSA) is 63.2 Å². The number of amides is 1. The first kappa shape index (κ1) is 25.4. The van der Waals surface area contributed by atoms with Gasteiger partial charge in [0.1, 0.15) is 0 Å². The van der Waals surface area contributed by atoms with Crippen LogP contribution in [-0.4, -0.2) is 99.6 Å². The fourth-order valence-electron chi connectivity index (χ4n) is 4.17. The number of likely N-dealkylation sites (N-methyl/N-ethyl adjacent to an activating group) is 1. The molecule has 1 unspecified atom stereocenters. The van der Waals surface area contributed by atoms with Crippen molar-refractivity contribution in [3.63, 3.8) is 0 Å². The van der Waals surface area contributed by atoms with Crippen molar-refractivity contribution in [3.05, 3.63) is 0 Å². The summed E-state index contributed by atoms with van der Waals surface area (Å²) < 4.78 is 0. The van der Waals surface area contributed by atoms with Gasteiger partial charge in [-0.25, -0.2) is 0 Å². The number of nitrogens with one attached hydrogen (secondary N) is 2. The molecule has 0 aromatic rings. The lowest BCUT2D eigenvalue weighted by molar-refractivity contribution is -0.138. The Morgan fingerprint density at radius 2 is 1.75 bits per heavy atom. The molecule has 8 heteroatoms. The maximum absolute atomic E-state index is 12.7. The Balaban J connectivity index is 0.00000392. The van der Waals surface area contributed by atoms with Gasteiger partial charge in [-0.2, -0.15) is 0 Å². The zero-order valence-corrected chi connectivity index (χ0v) is 20.8. The number of piperazine rings is 1. The number of aliphatic imine (C=N–C) groups is 1. The van der Waals surface area contributed by atoms with Gasteiger partial charge in [-0.05, 0) is 33.7 Å². The Morgan fingerprint density at radius 3 is 2.29 bits per heavy atom. The molecule has 1 aliphatic heterocycles. The van der Waals surface area contributed by atoms with Crippen LogP contribution in [0.3, 0.4) is 0 Å². The molecular formula is C20H41IN6O. The van der Waals surface area contributed by atoms with Gasteiger partial charge in [0.15, 0.2) is 5.96 Å². The Bertz CT molecular complexity index is 499. The van der Waals surface area contributed by atoms with Crippen molar-refractivity contribution in [1.82, 2.24) is 25.3 Å². The minimum atomic E-state index is -0.311. The Hall–Kier alpha value is -0.610. The second kappa shape index (κ2) is 12.2. The molecule has 1 heterocycles. The molecule has 28 heavy (non-hydrogen) atoms. The molecule has 164 valence electrons. The van der Waals surface area contributed by atoms with Gasteiger partial charge in [-0.3, -0.25) is 14.7 Å². The summed E-state index contributed by atoms with van der Waals surface area (Å²) in [6, 6.07) is 0.464. The van der Waals surface area contributed by atoms with E-state index in [0.717, 1.165) is 70.9 Å². The van der Waals surface area contributed by atoms with E-state index < -0.39 is 0 Å². The summed E-state index contributed by atoms with van der Waals surface area (Å²) in [4.78, 5) is 24.2. The first-order valence-electron chi connectivity index (χ1n) is 10.5. The summed E-state index contributed by atoms with van der Waals surface area (Å²) in [6.45, 7) is 11.1. The van der Waals surface area contributed by atoms with Crippen molar-refractivity contribution in [2.45, 2.75) is 45.6 Å². The number of nitrogens with zero attached hydrogens (tertiary/aromatic N) is 4. The zero-order chi connectivity index (χ0) is 19.9. The van der Waals surface area contributed by atoms with Gasteiger partial charge in [0.05, 0.1) is 12.0 Å². The van der Waals surface area contributed by atoms with Crippen molar-refractivity contribution < 1.29 is 4.79 Å². The van der Waals surface area contributed by atoms with E-state index in [9.17, 15) is 4.79 Å². The van der Waals surface area contributed by atoms with Crippen LogP contribution in [0.15, 0.2) is 4.99 Å².